The Morgan fingerprint density at radius 2 is 1.86 bits per heavy atom. The van der Waals surface area contributed by atoms with E-state index in [2.05, 4.69) is 4.98 Å². The minimum atomic E-state index is -0.174. The molecule has 1 aromatic rings. The molecule has 0 radical (unpaired) electrons. The van der Waals surface area contributed by atoms with E-state index in [9.17, 15) is 9.90 Å². The molecule has 0 unspecified atom stereocenters. The maximum absolute atomic E-state index is 10.9. The van der Waals surface area contributed by atoms with E-state index in [1.807, 2.05) is 26.0 Å². The van der Waals surface area contributed by atoms with Crippen molar-refractivity contribution in [2.45, 2.75) is 20.3 Å². The molecular formula is C11H11NO2. The van der Waals surface area contributed by atoms with Crippen molar-refractivity contribution in [3.63, 3.8) is 0 Å². The Balaban J connectivity index is 2.48. The third-order valence-electron chi connectivity index (χ3n) is 2.32. The quantitative estimate of drug-likeness (QED) is 0.734. The first-order valence-electron chi connectivity index (χ1n) is 4.49. The van der Waals surface area contributed by atoms with Gasteiger partial charge in [0.15, 0.2) is 5.76 Å². The minimum Gasteiger partial charge on any atom is -0.504 e. The van der Waals surface area contributed by atoms with Crippen molar-refractivity contribution < 1.29 is 9.90 Å². The number of aliphatic hydroxyl groups is 1. The van der Waals surface area contributed by atoms with E-state index in [0.29, 0.717) is 6.42 Å². The molecule has 1 aromatic heterocycles. The molecule has 2 rings (SSSR count). The number of hydrogen-bond donors (Lipinski definition) is 1. The maximum Gasteiger partial charge on any atom is 0.201 e. The van der Waals surface area contributed by atoms with Crippen LogP contribution in [0.1, 0.15) is 23.4 Å². The van der Waals surface area contributed by atoms with Gasteiger partial charge < -0.3 is 5.11 Å². The molecule has 0 aliphatic heterocycles. The van der Waals surface area contributed by atoms with Gasteiger partial charge in [-0.05, 0) is 31.5 Å². The fraction of sp³-hybridized carbons (Fsp3) is 0.273. The van der Waals surface area contributed by atoms with Crippen LogP contribution in [0.2, 0.25) is 0 Å². The van der Waals surface area contributed by atoms with Gasteiger partial charge in [-0.3, -0.25) is 9.78 Å². The number of hydrogen-bond acceptors (Lipinski definition) is 3. The molecular weight excluding hydrogens is 178 g/mol. The summed E-state index contributed by atoms with van der Waals surface area (Å²) in [5, 5.41) is 9.32. The number of carbonyl (C=O) groups is 1. The molecule has 72 valence electrons. The number of aryl methyl sites for hydroxylation is 2. The van der Waals surface area contributed by atoms with Gasteiger partial charge in [0.25, 0.3) is 0 Å². The van der Waals surface area contributed by atoms with Crippen LogP contribution in [0.3, 0.4) is 0 Å². The predicted molar refractivity (Wildman–Crippen MR) is 52.9 cm³/mol. The van der Waals surface area contributed by atoms with Crippen LogP contribution in [0.4, 0.5) is 0 Å². The van der Waals surface area contributed by atoms with Crippen LogP contribution in [0.25, 0.3) is 5.57 Å². The highest BCUT2D eigenvalue weighted by atomic mass is 16.3. The summed E-state index contributed by atoms with van der Waals surface area (Å²) in [5.41, 5.74) is 3.45. The zero-order valence-electron chi connectivity index (χ0n) is 8.16. The lowest BCUT2D eigenvalue weighted by molar-refractivity contribution is -0.118. The molecule has 0 fully saturated rings. The maximum atomic E-state index is 10.9. The number of ketones is 1. The fourth-order valence-corrected chi connectivity index (χ4v) is 1.64. The summed E-state index contributed by atoms with van der Waals surface area (Å²) in [6.45, 7) is 3.79. The van der Waals surface area contributed by atoms with E-state index in [1.165, 1.54) is 0 Å². The van der Waals surface area contributed by atoms with Crippen molar-refractivity contribution in [1.29, 1.82) is 0 Å². The lowest BCUT2D eigenvalue weighted by atomic mass is 9.88. The van der Waals surface area contributed by atoms with Crippen molar-refractivity contribution in [3.05, 3.63) is 34.8 Å². The highest BCUT2D eigenvalue weighted by Gasteiger charge is 2.27. The number of carbonyl (C=O) groups excluding carboxylic acids is 1. The van der Waals surface area contributed by atoms with Crippen molar-refractivity contribution >= 4 is 11.4 Å². The van der Waals surface area contributed by atoms with Gasteiger partial charge in [-0.2, -0.15) is 0 Å². The highest BCUT2D eigenvalue weighted by molar-refractivity contribution is 6.14. The van der Waals surface area contributed by atoms with Crippen molar-refractivity contribution in [2.24, 2.45) is 0 Å². The molecule has 0 saturated heterocycles. The molecule has 0 bridgehead atoms. The zero-order valence-corrected chi connectivity index (χ0v) is 8.16. The molecule has 0 atom stereocenters. The molecule has 0 spiro atoms. The normalized spacial score (nSPS) is 15.7. The van der Waals surface area contributed by atoms with Gasteiger partial charge in [0.05, 0.1) is 0 Å². The zero-order chi connectivity index (χ0) is 10.3. The predicted octanol–water partition coefficient (Wildman–Crippen LogP) is 1.94. The summed E-state index contributed by atoms with van der Waals surface area (Å²) in [6, 6.07) is 3.76. The number of pyridine rings is 1. The van der Waals surface area contributed by atoms with Gasteiger partial charge in [0.1, 0.15) is 0 Å². The minimum absolute atomic E-state index is 0.0880. The molecule has 0 amide bonds. The first-order valence-corrected chi connectivity index (χ1v) is 4.49. The number of rotatable bonds is 1. The van der Waals surface area contributed by atoms with Crippen LogP contribution in [0.15, 0.2) is 17.9 Å². The molecule has 1 aliphatic rings. The number of allylic oxidation sites excluding steroid dienone is 2. The average molecular weight is 189 g/mol. The number of Topliss-reactive ketones (excluding diaryl/α,β-unsaturated/α-hetero) is 1. The topological polar surface area (TPSA) is 50.2 Å². The summed E-state index contributed by atoms with van der Waals surface area (Å²) in [5.74, 6) is -0.262. The summed E-state index contributed by atoms with van der Waals surface area (Å²) < 4.78 is 0. The standard InChI is InChI=1S/C11H11NO2/c1-6-3-8(4-7(2)12-6)9-5-10(13)11(9)14/h3-4,14H,5H2,1-2H3. The summed E-state index contributed by atoms with van der Waals surface area (Å²) >= 11 is 0. The van der Waals surface area contributed by atoms with E-state index < -0.39 is 0 Å². The lowest BCUT2D eigenvalue weighted by Crippen LogP contribution is -2.16. The SMILES string of the molecule is Cc1cc(C2=C(O)C(=O)C2)cc(C)n1. The second-order valence-corrected chi connectivity index (χ2v) is 3.57. The molecule has 14 heavy (non-hydrogen) atoms. The van der Waals surface area contributed by atoms with E-state index in [4.69, 9.17) is 0 Å². The van der Waals surface area contributed by atoms with Gasteiger partial charge in [-0.15, -0.1) is 0 Å². The van der Waals surface area contributed by atoms with Crippen molar-refractivity contribution in [3.8, 4) is 0 Å². The second-order valence-electron chi connectivity index (χ2n) is 3.57. The van der Waals surface area contributed by atoms with Crippen molar-refractivity contribution in [1.82, 2.24) is 4.98 Å². The molecule has 1 heterocycles. The fourth-order valence-electron chi connectivity index (χ4n) is 1.64. The third-order valence-corrected chi connectivity index (χ3v) is 2.32. The molecule has 0 aromatic carbocycles. The monoisotopic (exact) mass is 189 g/mol. The van der Waals surface area contributed by atoms with Gasteiger partial charge in [0, 0.05) is 23.4 Å². The van der Waals surface area contributed by atoms with Crippen LogP contribution in [0, 0.1) is 13.8 Å². The molecule has 3 nitrogen and oxygen atoms in total. The Bertz CT molecular complexity index is 426. The second kappa shape index (κ2) is 2.94. The molecule has 1 aliphatic carbocycles. The van der Waals surface area contributed by atoms with Crippen molar-refractivity contribution in [2.75, 3.05) is 0 Å². The van der Waals surface area contributed by atoms with Crippen LogP contribution < -0.4 is 0 Å². The van der Waals surface area contributed by atoms with Crippen LogP contribution in [-0.4, -0.2) is 15.9 Å². The van der Waals surface area contributed by atoms with Gasteiger partial charge in [0.2, 0.25) is 5.78 Å². The molecule has 3 heteroatoms. The molecule has 0 saturated carbocycles. The highest BCUT2D eigenvalue weighted by Crippen LogP contribution is 2.31. The number of aromatic nitrogens is 1. The number of nitrogens with zero attached hydrogens (tertiary/aromatic N) is 1. The van der Waals surface area contributed by atoms with E-state index in [-0.39, 0.29) is 11.5 Å². The Morgan fingerprint density at radius 1 is 1.29 bits per heavy atom. The van der Waals surface area contributed by atoms with Gasteiger partial charge in [-0.25, -0.2) is 0 Å². The van der Waals surface area contributed by atoms with Gasteiger partial charge in [-0.1, -0.05) is 0 Å². The van der Waals surface area contributed by atoms with Crippen LogP contribution in [-0.2, 0) is 4.79 Å². The summed E-state index contributed by atoms with van der Waals surface area (Å²) in [4.78, 5) is 15.1. The Morgan fingerprint density at radius 3 is 2.29 bits per heavy atom. The smallest absolute Gasteiger partial charge is 0.201 e. The van der Waals surface area contributed by atoms with Crippen LogP contribution >= 0.6 is 0 Å². The Hall–Kier alpha value is -1.64. The van der Waals surface area contributed by atoms with E-state index in [1.54, 1.807) is 0 Å². The largest absolute Gasteiger partial charge is 0.504 e. The molecule has 1 N–H and O–H groups in total. The van der Waals surface area contributed by atoms with E-state index in [0.717, 1.165) is 22.5 Å². The third kappa shape index (κ3) is 1.31. The van der Waals surface area contributed by atoms with Gasteiger partial charge >= 0.3 is 0 Å². The first kappa shape index (κ1) is 8.94. The first-order chi connectivity index (χ1) is 6.58. The number of aliphatic hydroxyl groups excluding tert-OH is 1. The lowest BCUT2D eigenvalue weighted by Gasteiger charge is -2.18. The summed E-state index contributed by atoms with van der Waals surface area (Å²) in [6.07, 6.45) is 0.342. The van der Waals surface area contributed by atoms with Crippen LogP contribution in [0.5, 0.6) is 0 Å². The Labute approximate surface area is 82.1 Å². The Kier molecular flexibility index (Phi) is 1.88. The average Bonchev–Trinajstić information content (AvgIpc) is 2.11. The summed E-state index contributed by atoms with van der Waals surface area (Å²) in [7, 11) is 0. The van der Waals surface area contributed by atoms with E-state index >= 15 is 0 Å².